The third-order valence-corrected chi connectivity index (χ3v) is 3.40. The number of aliphatic hydroxyl groups excluding tert-OH is 1. The molecular formula is C13H16O. The Kier molecular flexibility index (Phi) is 1.88. The van der Waals surface area contributed by atoms with E-state index in [1.54, 1.807) is 0 Å². The lowest BCUT2D eigenvalue weighted by atomic mass is 9.96. The molecule has 0 saturated heterocycles. The summed E-state index contributed by atoms with van der Waals surface area (Å²) in [7, 11) is 0. The topological polar surface area (TPSA) is 20.2 Å². The highest BCUT2D eigenvalue weighted by Crippen LogP contribution is 2.47. The lowest BCUT2D eigenvalue weighted by Gasteiger charge is -2.14. The van der Waals surface area contributed by atoms with E-state index in [0.29, 0.717) is 5.92 Å². The van der Waals surface area contributed by atoms with Crippen LogP contribution in [0.2, 0.25) is 0 Å². The van der Waals surface area contributed by atoms with Crippen molar-refractivity contribution < 1.29 is 5.11 Å². The maximum atomic E-state index is 10.1. The lowest BCUT2D eigenvalue weighted by Crippen LogP contribution is -2.03. The van der Waals surface area contributed by atoms with Gasteiger partial charge >= 0.3 is 0 Å². The van der Waals surface area contributed by atoms with Crippen LogP contribution < -0.4 is 0 Å². The third kappa shape index (κ3) is 1.46. The number of rotatable bonds is 3. The van der Waals surface area contributed by atoms with Crippen molar-refractivity contribution in [1.29, 1.82) is 0 Å². The van der Waals surface area contributed by atoms with Crippen LogP contribution in [0.25, 0.3) is 0 Å². The Labute approximate surface area is 84.8 Å². The molecule has 0 spiro atoms. The molecule has 1 unspecified atom stereocenters. The van der Waals surface area contributed by atoms with Crippen molar-refractivity contribution >= 4 is 0 Å². The van der Waals surface area contributed by atoms with Gasteiger partial charge in [0.15, 0.2) is 0 Å². The second kappa shape index (κ2) is 3.09. The first kappa shape index (κ1) is 8.49. The Morgan fingerprint density at radius 1 is 1.07 bits per heavy atom. The van der Waals surface area contributed by atoms with Gasteiger partial charge in [0.25, 0.3) is 0 Å². The smallest absolute Gasteiger partial charge is 0.0820 e. The Morgan fingerprint density at radius 2 is 1.79 bits per heavy atom. The third-order valence-electron chi connectivity index (χ3n) is 3.40. The summed E-state index contributed by atoms with van der Waals surface area (Å²) in [6, 6.07) is 8.44. The predicted octanol–water partition coefficient (Wildman–Crippen LogP) is 3.01. The largest absolute Gasteiger partial charge is 0.388 e. The zero-order valence-electron chi connectivity index (χ0n) is 8.32. The van der Waals surface area contributed by atoms with Gasteiger partial charge in [0.1, 0.15) is 0 Å². The van der Waals surface area contributed by atoms with Crippen molar-refractivity contribution in [3.63, 3.8) is 0 Å². The zero-order valence-corrected chi connectivity index (χ0v) is 8.32. The number of benzene rings is 1. The molecule has 1 atom stereocenters. The predicted molar refractivity (Wildman–Crippen MR) is 56.1 cm³/mol. The van der Waals surface area contributed by atoms with E-state index in [4.69, 9.17) is 0 Å². The van der Waals surface area contributed by atoms with Crippen LogP contribution in [0, 0.1) is 5.92 Å². The first-order chi connectivity index (χ1) is 6.86. The number of hydrogen-bond acceptors (Lipinski definition) is 1. The van der Waals surface area contributed by atoms with Gasteiger partial charge in [-0.3, -0.25) is 0 Å². The minimum Gasteiger partial charge on any atom is -0.388 e. The van der Waals surface area contributed by atoms with Gasteiger partial charge in [-0.2, -0.15) is 0 Å². The fourth-order valence-corrected chi connectivity index (χ4v) is 2.21. The average molecular weight is 188 g/mol. The molecule has 0 aromatic heterocycles. The van der Waals surface area contributed by atoms with E-state index in [0.717, 1.165) is 5.92 Å². The fraction of sp³-hybridized carbons (Fsp3) is 0.538. The Hall–Kier alpha value is -0.820. The molecule has 14 heavy (non-hydrogen) atoms. The van der Waals surface area contributed by atoms with Crippen molar-refractivity contribution in [2.75, 3.05) is 0 Å². The van der Waals surface area contributed by atoms with Gasteiger partial charge in [0.2, 0.25) is 0 Å². The van der Waals surface area contributed by atoms with E-state index in [-0.39, 0.29) is 6.10 Å². The van der Waals surface area contributed by atoms with Gasteiger partial charge < -0.3 is 5.11 Å². The van der Waals surface area contributed by atoms with Crippen molar-refractivity contribution in [3.8, 4) is 0 Å². The summed E-state index contributed by atoms with van der Waals surface area (Å²) >= 11 is 0. The fourth-order valence-electron chi connectivity index (χ4n) is 2.21. The molecule has 0 radical (unpaired) electrons. The van der Waals surface area contributed by atoms with Crippen molar-refractivity contribution in [3.05, 3.63) is 35.4 Å². The molecule has 74 valence electrons. The summed E-state index contributed by atoms with van der Waals surface area (Å²) in [5.41, 5.74) is 2.62. The summed E-state index contributed by atoms with van der Waals surface area (Å²) in [6.45, 7) is 0. The summed E-state index contributed by atoms with van der Waals surface area (Å²) in [4.78, 5) is 0. The minimum atomic E-state index is -0.188. The van der Waals surface area contributed by atoms with E-state index in [9.17, 15) is 5.11 Å². The molecule has 1 aromatic rings. The molecule has 1 N–H and O–H groups in total. The normalized spacial score (nSPS) is 23.5. The standard InChI is InChI=1S/C13H16O/c14-13(10-7-8-10)12-4-2-1-3-11(12)9-5-6-9/h1-4,9-10,13-14H,5-8H2. The van der Waals surface area contributed by atoms with Crippen LogP contribution in [0.4, 0.5) is 0 Å². The zero-order chi connectivity index (χ0) is 9.54. The molecule has 0 heterocycles. The van der Waals surface area contributed by atoms with E-state index >= 15 is 0 Å². The van der Waals surface area contributed by atoms with Gasteiger partial charge in [0.05, 0.1) is 6.10 Å². The summed E-state index contributed by atoms with van der Waals surface area (Å²) in [5, 5.41) is 10.1. The SMILES string of the molecule is OC(c1ccccc1C1CC1)C1CC1. The van der Waals surface area contributed by atoms with Crippen LogP contribution in [0.3, 0.4) is 0 Å². The maximum absolute atomic E-state index is 10.1. The second-order valence-electron chi connectivity index (χ2n) is 4.69. The van der Waals surface area contributed by atoms with Crippen molar-refractivity contribution in [2.24, 2.45) is 5.92 Å². The van der Waals surface area contributed by atoms with Gasteiger partial charge in [-0.05, 0) is 48.6 Å². The highest BCUT2D eigenvalue weighted by Gasteiger charge is 2.34. The van der Waals surface area contributed by atoms with Gasteiger partial charge in [-0.15, -0.1) is 0 Å². The Balaban J connectivity index is 1.93. The van der Waals surface area contributed by atoms with Crippen LogP contribution in [-0.2, 0) is 0 Å². The highest BCUT2D eigenvalue weighted by molar-refractivity contribution is 5.35. The molecule has 0 aliphatic heterocycles. The first-order valence-corrected chi connectivity index (χ1v) is 5.63. The molecule has 2 fully saturated rings. The van der Waals surface area contributed by atoms with E-state index in [2.05, 4.69) is 18.2 Å². The van der Waals surface area contributed by atoms with Gasteiger partial charge in [-0.1, -0.05) is 24.3 Å². The molecule has 1 heteroatoms. The molecular weight excluding hydrogens is 172 g/mol. The molecule has 0 bridgehead atoms. The van der Waals surface area contributed by atoms with Crippen LogP contribution in [-0.4, -0.2) is 5.11 Å². The second-order valence-corrected chi connectivity index (χ2v) is 4.69. The highest BCUT2D eigenvalue weighted by atomic mass is 16.3. The van der Waals surface area contributed by atoms with Crippen molar-refractivity contribution in [2.45, 2.75) is 37.7 Å². The number of aliphatic hydroxyl groups is 1. The molecule has 1 aromatic carbocycles. The van der Waals surface area contributed by atoms with Crippen LogP contribution in [0.1, 0.15) is 48.8 Å². The Morgan fingerprint density at radius 3 is 2.43 bits per heavy atom. The molecule has 0 amide bonds. The van der Waals surface area contributed by atoms with E-state index < -0.39 is 0 Å². The van der Waals surface area contributed by atoms with E-state index in [1.807, 2.05) is 6.07 Å². The summed E-state index contributed by atoms with van der Waals surface area (Å²) in [5.74, 6) is 1.30. The van der Waals surface area contributed by atoms with Gasteiger partial charge in [-0.25, -0.2) is 0 Å². The maximum Gasteiger partial charge on any atom is 0.0820 e. The number of hydrogen-bond donors (Lipinski definition) is 1. The molecule has 2 aliphatic rings. The molecule has 3 rings (SSSR count). The summed E-state index contributed by atoms with van der Waals surface area (Å²) in [6.07, 6.45) is 4.86. The van der Waals surface area contributed by atoms with Crippen LogP contribution in [0.15, 0.2) is 24.3 Å². The summed E-state index contributed by atoms with van der Waals surface area (Å²) < 4.78 is 0. The molecule has 1 nitrogen and oxygen atoms in total. The van der Waals surface area contributed by atoms with E-state index in [1.165, 1.54) is 36.8 Å². The van der Waals surface area contributed by atoms with Crippen molar-refractivity contribution in [1.82, 2.24) is 0 Å². The Bertz CT molecular complexity index is 337. The quantitative estimate of drug-likeness (QED) is 0.773. The van der Waals surface area contributed by atoms with Gasteiger partial charge in [0, 0.05) is 0 Å². The lowest BCUT2D eigenvalue weighted by molar-refractivity contribution is 0.153. The minimum absolute atomic E-state index is 0.188. The average Bonchev–Trinajstić information content (AvgIpc) is 3.05. The monoisotopic (exact) mass is 188 g/mol. The first-order valence-electron chi connectivity index (χ1n) is 5.63. The van der Waals surface area contributed by atoms with Crippen LogP contribution >= 0.6 is 0 Å². The molecule has 2 aliphatic carbocycles. The molecule has 2 saturated carbocycles. The van der Waals surface area contributed by atoms with Crippen LogP contribution in [0.5, 0.6) is 0 Å².